The molecule has 0 aliphatic carbocycles. The van der Waals surface area contributed by atoms with Gasteiger partial charge in [0.1, 0.15) is 12.1 Å². The molecule has 4 atom stereocenters. The van der Waals surface area contributed by atoms with Crippen LogP contribution in [0.15, 0.2) is 18.2 Å². The van der Waals surface area contributed by atoms with Gasteiger partial charge < -0.3 is 19.3 Å². The molecule has 0 N–H and O–H groups in total. The van der Waals surface area contributed by atoms with Gasteiger partial charge in [-0.2, -0.15) is 5.26 Å². The van der Waals surface area contributed by atoms with E-state index in [9.17, 15) is 14.9 Å². The molecule has 3 unspecified atom stereocenters. The van der Waals surface area contributed by atoms with Crippen molar-refractivity contribution in [1.29, 1.82) is 5.26 Å². The molecule has 130 valence electrons. The van der Waals surface area contributed by atoms with Gasteiger partial charge in [0.15, 0.2) is 11.5 Å². The Labute approximate surface area is 145 Å². The van der Waals surface area contributed by atoms with Gasteiger partial charge in [-0.1, -0.05) is 6.07 Å². The first-order chi connectivity index (χ1) is 11.9. The third kappa shape index (κ3) is 2.03. The topological polar surface area (TPSA) is 82.9 Å². The van der Waals surface area contributed by atoms with E-state index in [4.69, 9.17) is 9.47 Å². The molecule has 2 fully saturated rings. The molecular formula is C18H19N3O4. The second-order valence-electron chi connectivity index (χ2n) is 7.14. The molecule has 7 nitrogen and oxygen atoms in total. The number of piperazine rings is 1. The lowest BCUT2D eigenvalue weighted by atomic mass is 9.79. The maximum Gasteiger partial charge on any atom is 0.246 e. The minimum atomic E-state index is -0.853. The summed E-state index contributed by atoms with van der Waals surface area (Å²) in [7, 11) is 1.64. The van der Waals surface area contributed by atoms with Crippen molar-refractivity contribution in [2.75, 3.05) is 13.8 Å². The van der Waals surface area contributed by atoms with Crippen molar-refractivity contribution in [2.24, 2.45) is 5.41 Å². The van der Waals surface area contributed by atoms with Crippen LogP contribution in [-0.4, -0.2) is 47.5 Å². The third-order valence-electron chi connectivity index (χ3n) is 5.63. The molecule has 0 spiro atoms. The first kappa shape index (κ1) is 15.8. The van der Waals surface area contributed by atoms with Crippen LogP contribution < -0.4 is 9.47 Å². The van der Waals surface area contributed by atoms with Crippen molar-refractivity contribution in [2.45, 2.75) is 38.4 Å². The van der Waals surface area contributed by atoms with E-state index in [1.807, 2.05) is 19.1 Å². The standard InChI is InChI=1S/C18H19N3O4/c1-10-16(22)21-12(17(23)20(10)3)7-18(2,8-19)15(21)11-4-5-13-14(6-11)25-9-24-13/h4-6,10,12,15H,7,9H2,1-3H3/t10?,12?,15?,18-/m0/s1. The number of nitrogens with zero attached hydrogens (tertiary/aromatic N) is 3. The van der Waals surface area contributed by atoms with E-state index in [-0.39, 0.29) is 18.6 Å². The minimum Gasteiger partial charge on any atom is -0.454 e. The van der Waals surface area contributed by atoms with E-state index in [1.54, 1.807) is 24.9 Å². The van der Waals surface area contributed by atoms with E-state index < -0.39 is 23.5 Å². The number of rotatable bonds is 1. The summed E-state index contributed by atoms with van der Waals surface area (Å²) in [5, 5.41) is 9.83. The number of carbonyl (C=O) groups excluding carboxylic acids is 2. The van der Waals surface area contributed by atoms with Crippen LogP contribution in [0.1, 0.15) is 31.9 Å². The molecule has 3 aliphatic heterocycles. The molecule has 3 heterocycles. The SMILES string of the molecule is CC1C(=O)N2C(C[C@@](C)(C#N)C2c2ccc3c(c2)OCO3)C(=O)N1C. The maximum absolute atomic E-state index is 13.0. The van der Waals surface area contributed by atoms with Crippen LogP contribution in [0.5, 0.6) is 11.5 Å². The average Bonchev–Trinajstić information content (AvgIpc) is 3.20. The number of benzene rings is 1. The zero-order chi connectivity index (χ0) is 17.9. The highest BCUT2D eigenvalue weighted by Gasteiger charge is 2.58. The van der Waals surface area contributed by atoms with Gasteiger partial charge in [0.05, 0.1) is 17.5 Å². The average molecular weight is 341 g/mol. The Morgan fingerprint density at radius 3 is 2.68 bits per heavy atom. The number of carbonyl (C=O) groups is 2. The second-order valence-corrected chi connectivity index (χ2v) is 7.14. The van der Waals surface area contributed by atoms with Crippen LogP contribution >= 0.6 is 0 Å². The molecule has 0 aromatic heterocycles. The quantitative estimate of drug-likeness (QED) is 0.772. The third-order valence-corrected chi connectivity index (χ3v) is 5.63. The number of likely N-dealkylation sites (N-methyl/N-ethyl adjacent to an activating group) is 1. The lowest BCUT2D eigenvalue weighted by Gasteiger charge is -2.42. The van der Waals surface area contributed by atoms with E-state index in [0.717, 1.165) is 5.56 Å². The molecule has 1 aromatic carbocycles. The lowest BCUT2D eigenvalue weighted by Crippen LogP contribution is -2.60. The number of ether oxygens (including phenoxy) is 2. The largest absolute Gasteiger partial charge is 0.454 e. The fraction of sp³-hybridized carbons (Fsp3) is 0.500. The molecule has 1 aromatic rings. The zero-order valence-corrected chi connectivity index (χ0v) is 14.4. The van der Waals surface area contributed by atoms with Crippen LogP contribution in [0.2, 0.25) is 0 Å². The van der Waals surface area contributed by atoms with Crippen LogP contribution in [0.3, 0.4) is 0 Å². The van der Waals surface area contributed by atoms with Gasteiger partial charge >= 0.3 is 0 Å². The number of hydrogen-bond donors (Lipinski definition) is 0. The summed E-state index contributed by atoms with van der Waals surface area (Å²) in [4.78, 5) is 28.7. The summed E-state index contributed by atoms with van der Waals surface area (Å²) in [6.45, 7) is 3.69. The Bertz CT molecular complexity index is 817. The van der Waals surface area contributed by atoms with Gasteiger partial charge in [0.2, 0.25) is 18.6 Å². The fourth-order valence-electron chi connectivity index (χ4n) is 4.11. The number of fused-ring (bicyclic) bond motifs is 2. The monoisotopic (exact) mass is 341 g/mol. The van der Waals surface area contributed by atoms with Crippen LogP contribution in [0.25, 0.3) is 0 Å². The highest BCUT2D eigenvalue weighted by Crippen LogP contribution is 2.52. The molecule has 0 bridgehead atoms. The summed E-state index contributed by atoms with van der Waals surface area (Å²) in [5.41, 5.74) is -0.0668. The highest BCUT2D eigenvalue weighted by molar-refractivity contribution is 5.97. The van der Waals surface area contributed by atoms with Crippen molar-refractivity contribution < 1.29 is 19.1 Å². The molecule has 0 saturated carbocycles. The zero-order valence-electron chi connectivity index (χ0n) is 14.4. The van der Waals surface area contributed by atoms with Crippen molar-refractivity contribution in [3.63, 3.8) is 0 Å². The Kier molecular flexibility index (Phi) is 3.23. The van der Waals surface area contributed by atoms with Crippen molar-refractivity contribution in [3.8, 4) is 17.6 Å². The van der Waals surface area contributed by atoms with Crippen molar-refractivity contribution in [3.05, 3.63) is 23.8 Å². The predicted octanol–water partition coefficient (Wildman–Crippen LogP) is 1.45. The molecule has 2 saturated heterocycles. The van der Waals surface area contributed by atoms with Crippen LogP contribution in [-0.2, 0) is 9.59 Å². The Hall–Kier alpha value is -2.75. The molecule has 3 aliphatic rings. The summed E-state index contributed by atoms with van der Waals surface area (Å²) in [5.74, 6) is 0.999. The normalized spacial score (nSPS) is 33.4. The van der Waals surface area contributed by atoms with Gasteiger partial charge in [-0.05, 0) is 38.0 Å². The van der Waals surface area contributed by atoms with Gasteiger partial charge in [0, 0.05) is 7.05 Å². The Morgan fingerprint density at radius 1 is 1.24 bits per heavy atom. The smallest absolute Gasteiger partial charge is 0.246 e. The number of nitriles is 1. The second kappa shape index (κ2) is 5.12. The van der Waals surface area contributed by atoms with E-state index >= 15 is 0 Å². The van der Waals surface area contributed by atoms with Crippen LogP contribution in [0.4, 0.5) is 0 Å². The Morgan fingerprint density at radius 2 is 1.96 bits per heavy atom. The van der Waals surface area contributed by atoms with Gasteiger partial charge in [-0.3, -0.25) is 9.59 Å². The molecule has 7 heteroatoms. The summed E-state index contributed by atoms with van der Waals surface area (Å²) in [6.07, 6.45) is 0.324. The summed E-state index contributed by atoms with van der Waals surface area (Å²) >= 11 is 0. The van der Waals surface area contributed by atoms with Gasteiger partial charge in [-0.15, -0.1) is 0 Å². The number of hydrogen-bond acceptors (Lipinski definition) is 5. The molecule has 25 heavy (non-hydrogen) atoms. The van der Waals surface area contributed by atoms with Crippen molar-refractivity contribution in [1.82, 2.24) is 9.80 Å². The predicted molar refractivity (Wildman–Crippen MR) is 86.5 cm³/mol. The highest BCUT2D eigenvalue weighted by atomic mass is 16.7. The maximum atomic E-state index is 13.0. The molecule has 2 amide bonds. The summed E-state index contributed by atoms with van der Waals surface area (Å²) in [6, 6.07) is 6.15. The Balaban J connectivity index is 1.83. The first-order valence-electron chi connectivity index (χ1n) is 8.27. The lowest BCUT2D eigenvalue weighted by molar-refractivity contribution is -0.159. The first-order valence-corrected chi connectivity index (χ1v) is 8.27. The fourth-order valence-corrected chi connectivity index (χ4v) is 4.11. The summed E-state index contributed by atoms with van der Waals surface area (Å²) < 4.78 is 10.8. The van der Waals surface area contributed by atoms with Gasteiger partial charge in [-0.25, -0.2) is 0 Å². The molecule has 4 rings (SSSR count). The molecular weight excluding hydrogens is 322 g/mol. The molecule has 0 radical (unpaired) electrons. The van der Waals surface area contributed by atoms with Gasteiger partial charge in [0.25, 0.3) is 0 Å². The minimum absolute atomic E-state index is 0.114. The van der Waals surface area contributed by atoms with E-state index in [2.05, 4.69) is 6.07 Å². The van der Waals surface area contributed by atoms with E-state index in [1.165, 1.54) is 4.90 Å². The van der Waals surface area contributed by atoms with Crippen LogP contribution in [0, 0.1) is 16.7 Å². The van der Waals surface area contributed by atoms with E-state index in [0.29, 0.717) is 17.9 Å². The van der Waals surface area contributed by atoms with Crippen molar-refractivity contribution >= 4 is 11.8 Å². The number of amides is 2.